The van der Waals surface area contributed by atoms with Crippen LogP contribution in [0.5, 0.6) is 0 Å². The minimum absolute atomic E-state index is 0.0869. The summed E-state index contributed by atoms with van der Waals surface area (Å²) in [7, 11) is 0. The van der Waals surface area contributed by atoms with Gasteiger partial charge in [0.05, 0.1) is 0 Å². The van der Waals surface area contributed by atoms with E-state index >= 15 is 0 Å². The summed E-state index contributed by atoms with van der Waals surface area (Å²) >= 11 is 5.69. The van der Waals surface area contributed by atoms with Gasteiger partial charge in [0.25, 0.3) is 0 Å². The van der Waals surface area contributed by atoms with E-state index < -0.39 is 23.2 Å². The lowest BCUT2D eigenvalue weighted by Crippen LogP contribution is -2.03. The smallest absolute Gasteiger partial charge is 0.339 e. The largest absolute Gasteiger partial charge is 0.478 e. The predicted octanol–water partition coefficient (Wildman–Crippen LogP) is 3.98. The fourth-order valence-corrected chi connectivity index (χ4v) is 1.91. The Morgan fingerprint density at radius 2 is 1.89 bits per heavy atom. The number of carboxylic acids is 1. The second-order valence-corrected chi connectivity index (χ2v) is 4.06. The molecular formula is C13H7ClF2O2. The Morgan fingerprint density at radius 3 is 2.50 bits per heavy atom. The van der Waals surface area contributed by atoms with Gasteiger partial charge in [-0.15, -0.1) is 0 Å². The number of aromatic carboxylic acids is 1. The second kappa shape index (κ2) is 4.74. The monoisotopic (exact) mass is 268 g/mol. The van der Waals surface area contributed by atoms with Crippen LogP contribution in [0, 0.1) is 11.6 Å². The molecule has 1 N–H and O–H groups in total. The third-order valence-corrected chi connectivity index (χ3v) is 2.62. The normalized spacial score (nSPS) is 10.4. The molecule has 2 aromatic rings. The number of hydrogen-bond donors (Lipinski definition) is 1. The third kappa shape index (κ3) is 2.33. The van der Waals surface area contributed by atoms with Crippen molar-refractivity contribution in [2.45, 2.75) is 0 Å². The Balaban J connectivity index is 2.71. The second-order valence-electron chi connectivity index (χ2n) is 3.63. The number of hydrogen-bond acceptors (Lipinski definition) is 1. The lowest BCUT2D eigenvalue weighted by Gasteiger charge is -2.08. The van der Waals surface area contributed by atoms with E-state index in [-0.39, 0.29) is 16.1 Å². The molecule has 2 aromatic carbocycles. The molecule has 0 bridgehead atoms. The summed E-state index contributed by atoms with van der Waals surface area (Å²) in [6.07, 6.45) is 0. The van der Waals surface area contributed by atoms with Crippen LogP contribution in [0.15, 0.2) is 36.4 Å². The first-order valence-electron chi connectivity index (χ1n) is 4.97. The molecule has 0 amide bonds. The number of carbonyl (C=O) groups is 1. The Bertz CT molecular complexity index is 606. The number of benzene rings is 2. The van der Waals surface area contributed by atoms with Crippen molar-refractivity contribution in [3.05, 3.63) is 58.6 Å². The summed E-state index contributed by atoms with van der Waals surface area (Å²) < 4.78 is 26.7. The first kappa shape index (κ1) is 12.5. The van der Waals surface area contributed by atoms with Crippen LogP contribution in [0.25, 0.3) is 11.1 Å². The molecule has 0 aliphatic carbocycles. The van der Waals surface area contributed by atoms with Gasteiger partial charge in [0, 0.05) is 5.02 Å². The minimum atomic E-state index is -1.41. The zero-order chi connectivity index (χ0) is 13.3. The highest BCUT2D eigenvalue weighted by atomic mass is 35.5. The standard InChI is InChI=1S/C13H7ClF2O2/c14-8-4-7(5-9(15)6-8)10-2-1-3-11(16)12(10)13(17)18/h1-6H,(H,17,18). The van der Waals surface area contributed by atoms with Gasteiger partial charge in [0.1, 0.15) is 17.2 Å². The molecule has 0 fully saturated rings. The molecule has 0 unspecified atom stereocenters. The molecular weight excluding hydrogens is 262 g/mol. The molecule has 2 rings (SSSR count). The molecule has 92 valence electrons. The highest BCUT2D eigenvalue weighted by Gasteiger charge is 2.17. The molecule has 0 heterocycles. The van der Waals surface area contributed by atoms with Gasteiger partial charge in [0.2, 0.25) is 0 Å². The first-order chi connectivity index (χ1) is 8.49. The van der Waals surface area contributed by atoms with E-state index in [2.05, 4.69) is 0 Å². The molecule has 18 heavy (non-hydrogen) atoms. The van der Waals surface area contributed by atoms with Crippen LogP contribution in [0.2, 0.25) is 5.02 Å². The summed E-state index contributed by atoms with van der Waals surface area (Å²) in [6.45, 7) is 0. The quantitative estimate of drug-likeness (QED) is 0.894. The van der Waals surface area contributed by atoms with Gasteiger partial charge >= 0.3 is 5.97 Å². The van der Waals surface area contributed by atoms with Crippen LogP contribution in [0.4, 0.5) is 8.78 Å². The summed E-state index contributed by atoms with van der Waals surface area (Å²) in [4.78, 5) is 11.0. The molecule has 0 radical (unpaired) electrons. The van der Waals surface area contributed by atoms with Crippen molar-refractivity contribution in [3.63, 3.8) is 0 Å². The van der Waals surface area contributed by atoms with Crippen LogP contribution < -0.4 is 0 Å². The highest BCUT2D eigenvalue weighted by Crippen LogP contribution is 2.28. The van der Waals surface area contributed by atoms with Crippen molar-refractivity contribution in [1.82, 2.24) is 0 Å². The van der Waals surface area contributed by atoms with Crippen molar-refractivity contribution in [1.29, 1.82) is 0 Å². The third-order valence-electron chi connectivity index (χ3n) is 2.40. The van der Waals surface area contributed by atoms with Crippen LogP contribution in [0.3, 0.4) is 0 Å². The number of rotatable bonds is 2. The Labute approximate surface area is 106 Å². The van der Waals surface area contributed by atoms with Crippen molar-refractivity contribution in [2.75, 3.05) is 0 Å². The molecule has 5 heteroatoms. The molecule has 0 saturated carbocycles. The van der Waals surface area contributed by atoms with E-state index in [1.807, 2.05) is 0 Å². The van der Waals surface area contributed by atoms with Crippen LogP contribution in [-0.2, 0) is 0 Å². The molecule has 0 aliphatic heterocycles. The van der Waals surface area contributed by atoms with Crippen molar-refractivity contribution >= 4 is 17.6 Å². The Kier molecular flexibility index (Phi) is 3.30. The molecule has 0 aromatic heterocycles. The fourth-order valence-electron chi connectivity index (χ4n) is 1.69. The average Bonchev–Trinajstić information content (AvgIpc) is 2.26. The summed E-state index contributed by atoms with van der Waals surface area (Å²) in [6, 6.07) is 7.37. The van der Waals surface area contributed by atoms with Gasteiger partial charge in [-0.1, -0.05) is 23.7 Å². The predicted molar refractivity (Wildman–Crippen MR) is 63.8 cm³/mol. The Morgan fingerprint density at radius 1 is 1.17 bits per heavy atom. The maximum atomic E-state index is 13.5. The molecule has 0 spiro atoms. The zero-order valence-corrected chi connectivity index (χ0v) is 9.71. The topological polar surface area (TPSA) is 37.3 Å². The van der Waals surface area contributed by atoms with Crippen LogP contribution in [0.1, 0.15) is 10.4 Å². The van der Waals surface area contributed by atoms with E-state index in [1.54, 1.807) is 0 Å². The van der Waals surface area contributed by atoms with E-state index in [0.29, 0.717) is 0 Å². The SMILES string of the molecule is O=C(O)c1c(F)cccc1-c1cc(F)cc(Cl)c1. The number of carboxylic acid groups (broad SMARTS) is 1. The highest BCUT2D eigenvalue weighted by molar-refractivity contribution is 6.30. The maximum absolute atomic E-state index is 13.5. The van der Waals surface area contributed by atoms with Crippen LogP contribution >= 0.6 is 11.6 Å². The summed E-state index contributed by atoms with van der Waals surface area (Å²) in [5.41, 5.74) is -0.194. The van der Waals surface area contributed by atoms with Crippen molar-refractivity contribution in [3.8, 4) is 11.1 Å². The minimum Gasteiger partial charge on any atom is -0.478 e. The van der Waals surface area contributed by atoms with Gasteiger partial charge in [-0.2, -0.15) is 0 Å². The van der Waals surface area contributed by atoms with Gasteiger partial charge in [-0.05, 0) is 35.4 Å². The first-order valence-corrected chi connectivity index (χ1v) is 5.35. The van der Waals surface area contributed by atoms with E-state index in [4.69, 9.17) is 16.7 Å². The summed E-state index contributed by atoms with van der Waals surface area (Å²) in [5, 5.41) is 9.10. The van der Waals surface area contributed by atoms with Gasteiger partial charge in [-0.25, -0.2) is 13.6 Å². The van der Waals surface area contributed by atoms with Gasteiger partial charge < -0.3 is 5.11 Å². The maximum Gasteiger partial charge on any atom is 0.339 e. The molecule has 0 atom stereocenters. The van der Waals surface area contributed by atoms with Crippen molar-refractivity contribution < 1.29 is 18.7 Å². The molecule has 0 saturated heterocycles. The van der Waals surface area contributed by atoms with Gasteiger partial charge in [-0.3, -0.25) is 0 Å². The van der Waals surface area contributed by atoms with Crippen LogP contribution in [-0.4, -0.2) is 11.1 Å². The van der Waals surface area contributed by atoms with E-state index in [0.717, 1.165) is 18.2 Å². The summed E-state index contributed by atoms with van der Waals surface area (Å²) in [5.74, 6) is -2.90. The zero-order valence-electron chi connectivity index (χ0n) is 8.95. The number of halogens is 3. The molecule has 2 nitrogen and oxygen atoms in total. The fraction of sp³-hybridized carbons (Fsp3) is 0. The lowest BCUT2D eigenvalue weighted by atomic mass is 9.99. The Hall–Kier alpha value is -1.94. The molecule has 0 aliphatic rings. The lowest BCUT2D eigenvalue weighted by molar-refractivity contribution is 0.0693. The van der Waals surface area contributed by atoms with E-state index in [9.17, 15) is 13.6 Å². The van der Waals surface area contributed by atoms with Crippen molar-refractivity contribution in [2.24, 2.45) is 0 Å². The average molecular weight is 269 g/mol. The van der Waals surface area contributed by atoms with Gasteiger partial charge in [0.15, 0.2) is 0 Å². The van der Waals surface area contributed by atoms with E-state index in [1.165, 1.54) is 18.2 Å².